The van der Waals surface area contributed by atoms with Crippen molar-refractivity contribution in [2.75, 3.05) is 23.7 Å². The first-order valence-electron chi connectivity index (χ1n) is 8.35. The number of rotatable bonds is 7. The molecule has 2 aromatic carbocycles. The summed E-state index contributed by atoms with van der Waals surface area (Å²) >= 11 is 0. The summed E-state index contributed by atoms with van der Waals surface area (Å²) in [6.07, 6.45) is -4.62. The topological polar surface area (TPSA) is 114 Å². The highest BCUT2D eigenvalue weighted by Gasteiger charge is 2.28. The predicted molar refractivity (Wildman–Crippen MR) is 103 cm³/mol. The van der Waals surface area contributed by atoms with Gasteiger partial charge < -0.3 is 15.4 Å². The van der Waals surface area contributed by atoms with E-state index in [2.05, 4.69) is 10.0 Å². The zero-order valence-electron chi connectivity index (χ0n) is 15.8. The van der Waals surface area contributed by atoms with Crippen molar-refractivity contribution in [3.05, 3.63) is 48.0 Å². The molecule has 8 nitrogen and oxygen atoms in total. The number of hydrogen-bond donors (Lipinski definition) is 3. The van der Waals surface area contributed by atoms with E-state index in [0.29, 0.717) is 0 Å². The van der Waals surface area contributed by atoms with Crippen molar-refractivity contribution in [2.24, 2.45) is 0 Å². The van der Waals surface area contributed by atoms with Gasteiger partial charge in [-0.3, -0.25) is 14.3 Å². The number of sulfonamides is 1. The van der Waals surface area contributed by atoms with Gasteiger partial charge in [-0.2, -0.15) is 13.2 Å². The van der Waals surface area contributed by atoms with Gasteiger partial charge in [0.15, 0.2) is 0 Å². The van der Waals surface area contributed by atoms with E-state index in [1.54, 1.807) is 5.32 Å². The number of nitrogens with one attached hydrogen (secondary N) is 3. The van der Waals surface area contributed by atoms with Crippen molar-refractivity contribution < 1.29 is 35.9 Å². The van der Waals surface area contributed by atoms with Gasteiger partial charge in [-0.25, -0.2) is 8.42 Å². The normalized spacial score (nSPS) is 11.5. The molecule has 30 heavy (non-hydrogen) atoms. The first-order valence-corrected chi connectivity index (χ1v) is 9.83. The number of hydrogen-bond acceptors (Lipinski definition) is 5. The number of methoxy groups -OCH3 is 1. The molecule has 2 aromatic rings. The van der Waals surface area contributed by atoms with Crippen LogP contribution in [0.25, 0.3) is 0 Å². The molecule has 0 saturated heterocycles. The van der Waals surface area contributed by atoms with E-state index in [1.165, 1.54) is 50.4 Å². The number of anilines is 2. The molecule has 2 rings (SSSR count). The van der Waals surface area contributed by atoms with Crippen LogP contribution >= 0.6 is 0 Å². The molecule has 0 spiro atoms. The lowest BCUT2D eigenvalue weighted by molar-refractivity contribution is -0.123. The lowest BCUT2D eigenvalue weighted by Gasteiger charge is -2.15. The third-order valence-corrected chi connectivity index (χ3v) is 5.02. The molecule has 2 amide bonds. The van der Waals surface area contributed by atoms with Crippen LogP contribution in [0.2, 0.25) is 0 Å². The highest BCUT2D eigenvalue weighted by molar-refractivity contribution is 7.92. The van der Waals surface area contributed by atoms with Gasteiger partial charge in [0.25, 0.3) is 15.9 Å². The van der Waals surface area contributed by atoms with E-state index >= 15 is 0 Å². The maximum absolute atomic E-state index is 12.8. The Morgan fingerprint density at radius 1 is 1.07 bits per heavy atom. The lowest BCUT2D eigenvalue weighted by Crippen LogP contribution is -2.34. The second-order valence-corrected chi connectivity index (χ2v) is 7.67. The highest BCUT2D eigenvalue weighted by Crippen LogP contribution is 2.29. The second-order valence-electron chi connectivity index (χ2n) is 5.99. The molecule has 0 fully saturated rings. The summed E-state index contributed by atoms with van der Waals surface area (Å²) in [6, 6.07) is 8.88. The fraction of sp³-hybridized carbons (Fsp3) is 0.222. The number of para-hydroxylation sites is 1. The first kappa shape index (κ1) is 23.0. The summed E-state index contributed by atoms with van der Waals surface area (Å²) in [5, 5.41) is 4.12. The van der Waals surface area contributed by atoms with Crippen LogP contribution in [0.1, 0.15) is 17.3 Å². The fourth-order valence-electron chi connectivity index (χ4n) is 2.39. The molecule has 0 atom stereocenters. The molecule has 0 unspecified atom stereocenters. The minimum Gasteiger partial charge on any atom is -0.495 e. The third kappa shape index (κ3) is 6.11. The van der Waals surface area contributed by atoms with Gasteiger partial charge in [-0.05, 0) is 30.3 Å². The molecule has 0 bridgehead atoms. The number of alkyl halides is 3. The van der Waals surface area contributed by atoms with Gasteiger partial charge in [0.2, 0.25) is 5.91 Å². The molecular weight excluding hydrogens is 427 g/mol. The Hall–Kier alpha value is -3.28. The Balaban J connectivity index is 2.34. The van der Waals surface area contributed by atoms with Gasteiger partial charge in [-0.1, -0.05) is 12.1 Å². The molecule has 0 heterocycles. The van der Waals surface area contributed by atoms with Gasteiger partial charge in [0.1, 0.15) is 12.3 Å². The molecule has 0 aliphatic rings. The average molecular weight is 445 g/mol. The van der Waals surface area contributed by atoms with Gasteiger partial charge in [0, 0.05) is 6.92 Å². The molecule has 0 aromatic heterocycles. The van der Waals surface area contributed by atoms with E-state index in [4.69, 9.17) is 4.74 Å². The first-order chi connectivity index (χ1) is 13.9. The fourth-order valence-corrected chi connectivity index (χ4v) is 3.50. The Kier molecular flexibility index (Phi) is 6.92. The SMILES string of the molecule is COc1ccc(S(=O)(=O)Nc2ccccc2C(=O)NCC(F)(F)F)cc1NC(C)=O. The smallest absolute Gasteiger partial charge is 0.405 e. The number of ether oxygens (including phenoxy) is 1. The molecule has 0 aliphatic heterocycles. The predicted octanol–water partition coefficient (Wildman–Crippen LogP) is 2.75. The second kappa shape index (κ2) is 9.03. The van der Waals surface area contributed by atoms with Crippen molar-refractivity contribution in [3.8, 4) is 5.75 Å². The summed E-state index contributed by atoms with van der Waals surface area (Å²) in [7, 11) is -2.92. The quantitative estimate of drug-likeness (QED) is 0.607. The molecule has 0 aliphatic carbocycles. The lowest BCUT2D eigenvalue weighted by atomic mass is 10.1. The summed E-state index contributed by atoms with van der Waals surface area (Å²) in [5.41, 5.74) is -0.404. The van der Waals surface area contributed by atoms with E-state index in [0.717, 1.165) is 6.07 Å². The summed E-state index contributed by atoms with van der Waals surface area (Å²) in [4.78, 5) is 23.1. The van der Waals surface area contributed by atoms with Gasteiger partial charge in [0.05, 0.1) is 28.9 Å². The van der Waals surface area contributed by atoms with Crippen LogP contribution < -0.4 is 20.1 Å². The Morgan fingerprint density at radius 2 is 1.73 bits per heavy atom. The summed E-state index contributed by atoms with van der Waals surface area (Å²) in [6.45, 7) is -0.333. The molecule has 162 valence electrons. The van der Waals surface area contributed by atoms with Crippen molar-refractivity contribution in [3.63, 3.8) is 0 Å². The molecule has 0 radical (unpaired) electrons. The number of carbonyl (C=O) groups is 2. The van der Waals surface area contributed by atoms with E-state index < -0.39 is 34.6 Å². The number of benzene rings is 2. The van der Waals surface area contributed by atoms with Gasteiger partial charge >= 0.3 is 6.18 Å². The highest BCUT2D eigenvalue weighted by atomic mass is 32.2. The number of carbonyl (C=O) groups excluding carboxylic acids is 2. The monoisotopic (exact) mass is 445 g/mol. The standard InChI is InChI=1S/C18H18F3N3O5S/c1-11(25)23-15-9-12(7-8-16(15)29-2)30(27,28)24-14-6-4-3-5-13(14)17(26)22-10-18(19,20)21/h3-9,24H,10H2,1-2H3,(H,22,26)(H,23,25). The van der Waals surface area contributed by atoms with Crippen LogP contribution in [-0.4, -0.2) is 40.1 Å². The van der Waals surface area contributed by atoms with E-state index in [-0.39, 0.29) is 27.6 Å². The molecule has 3 N–H and O–H groups in total. The van der Waals surface area contributed by atoms with Crippen molar-refractivity contribution in [1.82, 2.24) is 5.32 Å². The Morgan fingerprint density at radius 3 is 2.33 bits per heavy atom. The van der Waals surface area contributed by atoms with Gasteiger partial charge in [-0.15, -0.1) is 0 Å². The van der Waals surface area contributed by atoms with Crippen molar-refractivity contribution >= 4 is 33.2 Å². The van der Waals surface area contributed by atoms with Crippen LogP contribution in [0.4, 0.5) is 24.5 Å². The summed E-state index contributed by atoms with van der Waals surface area (Å²) < 4.78 is 69.8. The average Bonchev–Trinajstić information content (AvgIpc) is 2.65. The maximum atomic E-state index is 12.8. The minimum atomic E-state index is -4.62. The van der Waals surface area contributed by atoms with Crippen molar-refractivity contribution in [1.29, 1.82) is 0 Å². The molecule has 12 heteroatoms. The van der Waals surface area contributed by atoms with Crippen LogP contribution in [0.5, 0.6) is 5.75 Å². The largest absolute Gasteiger partial charge is 0.495 e. The molecular formula is C18H18F3N3O5S. The third-order valence-electron chi connectivity index (χ3n) is 3.66. The van der Waals surface area contributed by atoms with Crippen LogP contribution in [0, 0.1) is 0 Å². The number of halogens is 3. The zero-order chi connectivity index (χ0) is 22.5. The zero-order valence-corrected chi connectivity index (χ0v) is 16.6. The Bertz CT molecular complexity index is 1060. The Labute approximate surface area is 170 Å². The maximum Gasteiger partial charge on any atom is 0.405 e. The van der Waals surface area contributed by atoms with E-state index in [9.17, 15) is 31.2 Å². The molecule has 0 saturated carbocycles. The summed E-state index contributed by atoms with van der Waals surface area (Å²) in [5.74, 6) is -1.34. The van der Waals surface area contributed by atoms with Crippen LogP contribution in [-0.2, 0) is 14.8 Å². The minimum absolute atomic E-state index is 0.101. The van der Waals surface area contributed by atoms with E-state index in [1.807, 2.05) is 0 Å². The van der Waals surface area contributed by atoms with Crippen molar-refractivity contribution in [2.45, 2.75) is 18.0 Å². The van der Waals surface area contributed by atoms with Crippen LogP contribution in [0.3, 0.4) is 0 Å². The number of amides is 2. The van der Waals surface area contributed by atoms with Crippen LogP contribution in [0.15, 0.2) is 47.4 Å².